The summed E-state index contributed by atoms with van der Waals surface area (Å²) >= 11 is 6.19. The second-order valence-electron chi connectivity index (χ2n) is 7.46. The van der Waals surface area contributed by atoms with E-state index in [2.05, 4.69) is 15.7 Å². The van der Waals surface area contributed by atoms with Gasteiger partial charge in [0.2, 0.25) is 0 Å². The van der Waals surface area contributed by atoms with E-state index in [4.69, 9.17) is 20.8 Å². The first-order valence-corrected chi connectivity index (χ1v) is 11.0. The third-order valence-corrected chi connectivity index (χ3v) is 5.29. The molecule has 2 aromatic carbocycles. The lowest BCUT2D eigenvalue weighted by Crippen LogP contribution is -2.17. The third-order valence-electron chi connectivity index (χ3n) is 4.99. The maximum absolute atomic E-state index is 12.8. The minimum atomic E-state index is -0.510. The molecule has 0 saturated heterocycles. The SMILES string of the molecule is CCn1cc(NC(=O)c2ccc(COc3c(C)cccc3Cl)o2)c(C(=O)Nc2ccccc2)n1. The zero-order valence-corrected chi connectivity index (χ0v) is 19.4. The van der Waals surface area contributed by atoms with Crippen LogP contribution in [0.15, 0.2) is 71.3 Å². The van der Waals surface area contributed by atoms with Crippen LogP contribution in [-0.4, -0.2) is 21.6 Å². The van der Waals surface area contributed by atoms with Crippen molar-refractivity contribution in [2.45, 2.75) is 27.0 Å². The Hall–Kier alpha value is -4.04. The number of benzene rings is 2. The van der Waals surface area contributed by atoms with E-state index in [1.54, 1.807) is 41.2 Å². The number of halogens is 1. The number of hydrogen-bond donors (Lipinski definition) is 2. The van der Waals surface area contributed by atoms with E-state index in [9.17, 15) is 9.59 Å². The lowest BCUT2D eigenvalue weighted by molar-refractivity contribution is 0.0992. The summed E-state index contributed by atoms with van der Waals surface area (Å²) in [4.78, 5) is 25.6. The van der Waals surface area contributed by atoms with Crippen LogP contribution in [0.5, 0.6) is 5.75 Å². The molecular weight excluding hydrogens is 456 g/mol. The highest BCUT2D eigenvalue weighted by atomic mass is 35.5. The molecule has 0 aliphatic carbocycles. The maximum Gasteiger partial charge on any atom is 0.291 e. The number of hydrogen-bond acceptors (Lipinski definition) is 5. The van der Waals surface area contributed by atoms with Crippen molar-refractivity contribution in [2.24, 2.45) is 0 Å². The summed E-state index contributed by atoms with van der Waals surface area (Å²) in [6.07, 6.45) is 1.60. The summed E-state index contributed by atoms with van der Waals surface area (Å²) in [5.74, 6) is 0.151. The van der Waals surface area contributed by atoms with Crippen molar-refractivity contribution in [3.05, 3.63) is 94.7 Å². The van der Waals surface area contributed by atoms with Gasteiger partial charge in [-0.2, -0.15) is 5.10 Å². The number of rotatable bonds is 8. The molecule has 8 nitrogen and oxygen atoms in total. The molecule has 0 bridgehead atoms. The molecule has 0 aliphatic heterocycles. The van der Waals surface area contributed by atoms with E-state index in [0.29, 0.717) is 28.8 Å². The van der Waals surface area contributed by atoms with Crippen LogP contribution >= 0.6 is 11.6 Å². The Morgan fingerprint density at radius 2 is 1.82 bits per heavy atom. The standard InChI is InChI=1S/C25H23ClN4O4/c1-3-30-14-20(22(29-30)25(32)27-17-9-5-4-6-10-17)28-24(31)21-13-12-18(34-21)15-33-23-16(2)8-7-11-19(23)26/h4-14H,3,15H2,1-2H3,(H,27,32)(H,28,31). The smallest absolute Gasteiger partial charge is 0.291 e. The molecule has 0 spiro atoms. The van der Waals surface area contributed by atoms with Gasteiger partial charge in [0, 0.05) is 18.4 Å². The van der Waals surface area contributed by atoms with Crippen LogP contribution in [0.2, 0.25) is 5.02 Å². The van der Waals surface area contributed by atoms with Crippen molar-refractivity contribution in [2.75, 3.05) is 10.6 Å². The molecule has 174 valence electrons. The number of anilines is 2. The molecule has 34 heavy (non-hydrogen) atoms. The number of carbonyl (C=O) groups excluding carboxylic acids is 2. The fourth-order valence-corrected chi connectivity index (χ4v) is 3.53. The minimum absolute atomic E-state index is 0.0770. The average Bonchev–Trinajstić information content (AvgIpc) is 3.47. The van der Waals surface area contributed by atoms with Crippen LogP contribution in [0, 0.1) is 6.92 Å². The molecule has 4 rings (SSSR count). The Labute approximate surface area is 201 Å². The van der Waals surface area contributed by atoms with Crippen molar-refractivity contribution in [1.29, 1.82) is 0 Å². The van der Waals surface area contributed by atoms with E-state index in [1.165, 1.54) is 0 Å². The minimum Gasteiger partial charge on any atom is -0.484 e. The molecule has 2 amide bonds. The van der Waals surface area contributed by atoms with Crippen molar-refractivity contribution < 1.29 is 18.7 Å². The number of aryl methyl sites for hydroxylation is 2. The van der Waals surface area contributed by atoms with Gasteiger partial charge in [-0.05, 0) is 49.7 Å². The van der Waals surface area contributed by atoms with Crippen LogP contribution in [-0.2, 0) is 13.2 Å². The second-order valence-corrected chi connectivity index (χ2v) is 7.87. The summed E-state index contributed by atoms with van der Waals surface area (Å²) in [5, 5.41) is 10.3. The van der Waals surface area contributed by atoms with Crippen LogP contribution in [0.1, 0.15) is 39.3 Å². The number of amides is 2. The maximum atomic E-state index is 12.8. The Balaban J connectivity index is 1.45. The highest BCUT2D eigenvalue weighted by Gasteiger charge is 2.21. The highest BCUT2D eigenvalue weighted by Crippen LogP contribution is 2.29. The molecule has 9 heteroatoms. The molecule has 2 aromatic heterocycles. The molecular formula is C25H23ClN4O4. The number of para-hydroxylation sites is 2. The van der Waals surface area contributed by atoms with Gasteiger partial charge in [0.25, 0.3) is 11.8 Å². The van der Waals surface area contributed by atoms with Crippen LogP contribution < -0.4 is 15.4 Å². The summed E-state index contributed by atoms with van der Waals surface area (Å²) in [6.45, 7) is 4.42. The number of carbonyl (C=O) groups is 2. The number of furan rings is 1. The first-order chi connectivity index (χ1) is 16.4. The van der Waals surface area contributed by atoms with E-state index < -0.39 is 11.8 Å². The number of nitrogens with one attached hydrogen (secondary N) is 2. The number of ether oxygens (including phenoxy) is 1. The lowest BCUT2D eigenvalue weighted by Gasteiger charge is -2.09. The van der Waals surface area contributed by atoms with Gasteiger partial charge in [-0.1, -0.05) is 41.9 Å². The number of nitrogens with zero attached hydrogens (tertiary/aromatic N) is 2. The Bertz CT molecular complexity index is 1290. The topological polar surface area (TPSA) is 98.4 Å². The van der Waals surface area contributed by atoms with Crippen molar-refractivity contribution in [1.82, 2.24) is 9.78 Å². The van der Waals surface area contributed by atoms with Gasteiger partial charge < -0.3 is 19.8 Å². The van der Waals surface area contributed by atoms with Gasteiger partial charge in [0.1, 0.15) is 18.1 Å². The van der Waals surface area contributed by atoms with E-state index in [-0.39, 0.29) is 23.7 Å². The zero-order chi connectivity index (χ0) is 24.1. The van der Waals surface area contributed by atoms with Crippen LogP contribution in [0.4, 0.5) is 11.4 Å². The second kappa shape index (κ2) is 10.3. The molecule has 0 saturated carbocycles. The highest BCUT2D eigenvalue weighted by molar-refractivity contribution is 6.32. The van der Waals surface area contributed by atoms with Crippen LogP contribution in [0.3, 0.4) is 0 Å². The Morgan fingerprint density at radius 3 is 2.56 bits per heavy atom. The summed E-state index contributed by atoms with van der Waals surface area (Å²) in [6, 6.07) is 17.7. The van der Waals surface area contributed by atoms with Gasteiger partial charge in [0.15, 0.2) is 11.5 Å². The normalized spacial score (nSPS) is 10.7. The van der Waals surface area contributed by atoms with Gasteiger partial charge in [-0.15, -0.1) is 0 Å². The molecule has 0 fully saturated rings. The quantitative estimate of drug-likeness (QED) is 0.346. The fourth-order valence-electron chi connectivity index (χ4n) is 3.26. The van der Waals surface area contributed by atoms with Gasteiger partial charge in [-0.25, -0.2) is 0 Å². The third kappa shape index (κ3) is 5.29. The Morgan fingerprint density at radius 1 is 1.03 bits per heavy atom. The molecule has 0 aliphatic rings. The fraction of sp³-hybridized carbons (Fsp3) is 0.160. The molecule has 0 radical (unpaired) electrons. The van der Waals surface area contributed by atoms with Gasteiger partial charge in [-0.3, -0.25) is 14.3 Å². The van der Waals surface area contributed by atoms with Gasteiger partial charge >= 0.3 is 0 Å². The summed E-state index contributed by atoms with van der Waals surface area (Å²) < 4.78 is 13.0. The molecule has 0 atom stereocenters. The largest absolute Gasteiger partial charge is 0.484 e. The zero-order valence-electron chi connectivity index (χ0n) is 18.7. The average molecular weight is 479 g/mol. The predicted octanol–water partition coefficient (Wildman–Crippen LogP) is 5.54. The van der Waals surface area contributed by atoms with Crippen LogP contribution in [0.25, 0.3) is 0 Å². The molecule has 2 heterocycles. The number of aromatic nitrogens is 2. The predicted molar refractivity (Wildman–Crippen MR) is 129 cm³/mol. The lowest BCUT2D eigenvalue weighted by atomic mass is 10.2. The van der Waals surface area contributed by atoms with Crippen molar-refractivity contribution in [3.63, 3.8) is 0 Å². The van der Waals surface area contributed by atoms with E-state index in [0.717, 1.165) is 5.56 Å². The monoisotopic (exact) mass is 478 g/mol. The van der Waals surface area contributed by atoms with Gasteiger partial charge in [0.05, 0.1) is 10.7 Å². The summed E-state index contributed by atoms with van der Waals surface area (Å²) in [7, 11) is 0. The summed E-state index contributed by atoms with van der Waals surface area (Å²) in [5.41, 5.74) is 1.90. The van der Waals surface area contributed by atoms with E-state index in [1.807, 2.05) is 44.2 Å². The van der Waals surface area contributed by atoms with Crippen molar-refractivity contribution in [3.8, 4) is 5.75 Å². The van der Waals surface area contributed by atoms with Crippen molar-refractivity contribution >= 4 is 34.8 Å². The first-order valence-electron chi connectivity index (χ1n) is 10.7. The first kappa shape index (κ1) is 23.1. The molecule has 4 aromatic rings. The molecule has 2 N–H and O–H groups in total. The molecule has 0 unspecified atom stereocenters. The Kier molecular flexibility index (Phi) is 6.98. The van der Waals surface area contributed by atoms with E-state index >= 15 is 0 Å².